The van der Waals surface area contributed by atoms with Crippen molar-refractivity contribution in [1.82, 2.24) is 25.3 Å². The number of aromatic nitrogens is 2. The SMILES string of the molecule is CCNC(=NCc1c(C)nn(C)c1C)N1CCCC2(CNC(=O)C2)C1.I. The molecule has 3 heterocycles. The Morgan fingerprint density at radius 1 is 1.42 bits per heavy atom. The van der Waals surface area contributed by atoms with Gasteiger partial charge in [-0.3, -0.25) is 9.48 Å². The monoisotopic (exact) mass is 474 g/mol. The molecule has 1 amide bonds. The van der Waals surface area contributed by atoms with E-state index in [2.05, 4.69) is 34.5 Å². The predicted octanol–water partition coefficient (Wildman–Crippen LogP) is 1.72. The molecule has 26 heavy (non-hydrogen) atoms. The van der Waals surface area contributed by atoms with Crippen LogP contribution in [0.1, 0.15) is 43.1 Å². The van der Waals surface area contributed by atoms with Crippen LogP contribution in [-0.4, -0.2) is 52.7 Å². The molecule has 2 N–H and O–H groups in total. The summed E-state index contributed by atoms with van der Waals surface area (Å²) in [6.45, 7) is 10.4. The molecule has 0 saturated carbocycles. The number of aryl methyl sites for hydroxylation is 2. The number of likely N-dealkylation sites (tertiary alicyclic amines) is 1. The van der Waals surface area contributed by atoms with Crippen molar-refractivity contribution in [2.75, 3.05) is 26.2 Å². The van der Waals surface area contributed by atoms with Gasteiger partial charge in [0.05, 0.1) is 12.2 Å². The Hall–Kier alpha value is -1.32. The zero-order chi connectivity index (χ0) is 18.0. The second kappa shape index (κ2) is 8.58. The number of piperidine rings is 1. The molecule has 7 nitrogen and oxygen atoms in total. The Morgan fingerprint density at radius 2 is 2.19 bits per heavy atom. The Bertz CT molecular complexity index is 685. The molecule has 0 radical (unpaired) electrons. The molecule has 2 saturated heterocycles. The fraction of sp³-hybridized carbons (Fsp3) is 0.722. The molecule has 1 aromatic heterocycles. The van der Waals surface area contributed by atoms with Crippen molar-refractivity contribution in [2.24, 2.45) is 17.5 Å². The summed E-state index contributed by atoms with van der Waals surface area (Å²) in [5.41, 5.74) is 3.48. The quantitative estimate of drug-likeness (QED) is 0.398. The standard InChI is InChI=1S/C18H30N6O.HI/c1-5-19-17(20-10-15-13(2)22-23(4)14(15)3)24-8-6-7-18(12-24)9-16(25)21-11-18;/h5-12H2,1-4H3,(H,19,20)(H,21,25);1H. The summed E-state index contributed by atoms with van der Waals surface area (Å²) in [5.74, 6) is 1.13. The zero-order valence-corrected chi connectivity index (χ0v) is 18.6. The summed E-state index contributed by atoms with van der Waals surface area (Å²) in [4.78, 5) is 18.9. The van der Waals surface area contributed by atoms with Gasteiger partial charge >= 0.3 is 0 Å². The van der Waals surface area contributed by atoms with Crippen LogP contribution in [-0.2, 0) is 18.4 Å². The highest BCUT2D eigenvalue weighted by Gasteiger charge is 2.42. The molecule has 146 valence electrons. The van der Waals surface area contributed by atoms with E-state index in [1.54, 1.807) is 0 Å². The minimum absolute atomic E-state index is 0. The number of carbonyl (C=O) groups is 1. The molecule has 1 spiro atoms. The number of nitrogens with zero attached hydrogens (tertiary/aromatic N) is 4. The number of carbonyl (C=O) groups excluding carboxylic acids is 1. The van der Waals surface area contributed by atoms with Gasteiger partial charge in [0.25, 0.3) is 0 Å². The molecule has 0 aliphatic carbocycles. The third kappa shape index (κ3) is 4.32. The number of amides is 1. The lowest BCUT2D eigenvalue weighted by molar-refractivity contribution is -0.119. The Balaban J connectivity index is 0.00000243. The van der Waals surface area contributed by atoms with Crippen molar-refractivity contribution in [3.63, 3.8) is 0 Å². The average molecular weight is 474 g/mol. The first-order chi connectivity index (χ1) is 11.9. The van der Waals surface area contributed by atoms with Crippen molar-refractivity contribution in [3.8, 4) is 0 Å². The van der Waals surface area contributed by atoms with E-state index in [9.17, 15) is 4.79 Å². The van der Waals surface area contributed by atoms with Gasteiger partial charge in [-0.1, -0.05) is 0 Å². The van der Waals surface area contributed by atoms with Gasteiger partial charge in [-0.05, 0) is 33.6 Å². The van der Waals surface area contributed by atoms with Crippen LogP contribution in [0.15, 0.2) is 4.99 Å². The number of rotatable bonds is 3. The fourth-order valence-corrected chi connectivity index (χ4v) is 4.06. The van der Waals surface area contributed by atoms with E-state index in [4.69, 9.17) is 4.99 Å². The van der Waals surface area contributed by atoms with E-state index in [1.165, 1.54) is 5.56 Å². The lowest BCUT2D eigenvalue weighted by Crippen LogP contribution is -2.51. The number of hydrogen-bond acceptors (Lipinski definition) is 3. The van der Waals surface area contributed by atoms with Crippen molar-refractivity contribution in [2.45, 2.75) is 46.6 Å². The molecule has 8 heteroatoms. The smallest absolute Gasteiger partial charge is 0.220 e. The first-order valence-electron chi connectivity index (χ1n) is 9.23. The Labute approximate surface area is 173 Å². The fourth-order valence-electron chi connectivity index (χ4n) is 4.06. The topological polar surface area (TPSA) is 74.6 Å². The molecule has 2 fully saturated rings. The molecule has 0 bridgehead atoms. The number of nitrogens with one attached hydrogen (secondary N) is 2. The van der Waals surface area contributed by atoms with Crippen LogP contribution in [0.5, 0.6) is 0 Å². The second-order valence-electron chi connectivity index (χ2n) is 7.42. The van der Waals surface area contributed by atoms with Gasteiger partial charge in [0.15, 0.2) is 5.96 Å². The molecular weight excluding hydrogens is 443 g/mol. The first kappa shape index (κ1) is 21.0. The summed E-state index contributed by atoms with van der Waals surface area (Å²) in [6.07, 6.45) is 2.86. The lowest BCUT2D eigenvalue weighted by Gasteiger charge is -2.40. The number of guanidine groups is 1. The summed E-state index contributed by atoms with van der Waals surface area (Å²) in [7, 11) is 1.97. The van der Waals surface area contributed by atoms with Gasteiger partial charge in [0.2, 0.25) is 5.91 Å². The minimum atomic E-state index is 0. The van der Waals surface area contributed by atoms with E-state index < -0.39 is 0 Å². The summed E-state index contributed by atoms with van der Waals surface area (Å²) >= 11 is 0. The first-order valence-corrected chi connectivity index (χ1v) is 9.23. The van der Waals surface area contributed by atoms with Crippen molar-refractivity contribution in [1.29, 1.82) is 0 Å². The molecule has 3 rings (SSSR count). The van der Waals surface area contributed by atoms with Crippen LogP contribution in [0.3, 0.4) is 0 Å². The minimum Gasteiger partial charge on any atom is -0.357 e. The third-order valence-electron chi connectivity index (χ3n) is 5.54. The van der Waals surface area contributed by atoms with Gasteiger partial charge in [0.1, 0.15) is 0 Å². The lowest BCUT2D eigenvalue weighted by atomic mass is 9.79. The highest BCUT2D eigenvalue weighted by atomic mass is 127. The molecule has 1 atom stereocenters. The van der Waals surface area contributed by atoms with E-state index in [0.29, 0.717) is 13.0 Å². The third-order valence-corrected chi connectivity index (χ3v) is 5.54. The maximum atomic E-state index is 11.7. The van der Waals surface area contributed by atoms with E-state index >= 15 is 0 Å². The van der Waals surface area contributed by atoms with Crippen LogP contribution in [0, 0.1) is 19.3 Å². The van der Waals surface area contributed by atoms with E-state index in [-0.39, 0.29) is 35.3 Å². The largest absolute Gasteiger partial charge is 0.357 e. The van der Waals surface area contributed by atoms with Gasteiger partial charge in [-0.15, -0.1) is 24.0 Å². The van der Waals surface area contributed by atoms with Gasteiger partial charge < -0.3 is 15.5 Å². The van der Waals surface area contributed by atoms with Crippen molar-refractivity contribution >= 4 is 35.8 Å². The Morgan fingerprint density at radius 3 is 2.77 bits per heavy atom. The van der Waals surface area contributed by atoms with E-state index in [1.807, 2.05) is 18.7 Å². The van der Waals surface area contributed by atoms with Crippen molar-refractivity contribution < 1.29 is 4.79 Å². The molecule has 1 unspecified atom stereocenters. The maximum Gasteiger partial charge on any atom is 0.220 e. The van der Waals surface area contributed by atoms with Crippen LogP contribution >= 0.6 is 24.0 Å². The van der Waals surface area contributed by atoms with Crippen LogP contribution in [0.4, 0.5) is 0 Å². The molecule has 2 aliphatic heterocycles. The highest BCUT2D eigenvalue weighted by molar-refractivity contribution is 14.0. The van der Waals surface area contributed by atoms with Crippen molar-refractivity contribution in [3.05, 3.63) is 17.0 Å². The Kier molecular flexibility index (Phi) is 6.92. The second-order valence-corrected chi connectivity index (χ2v) is 7.42. The number of aliphatic imine (C=N–C) groups is 1. The van der Waals surface area contributed by atoms with E-state index in [0.717, 1.165) is 56.4 Å². The summed E-state index contributed by atoms with van der Waals surface area (Å²) in [5, 5.41) is 10.9. The average Bonchev–Trinajstić information content (AvgIpc) is 3.04. The molecule has 1 aromatic rings. The summed E-state index contributed by atoms with van der Waals surface area (Å²) in [6, 6.07) is 0. The maximum absolute atomic E-state index is 11.7. The molecule has 0 aromatic carbocycles. The van der Waals surface area contributed by atoms with Crippen LogP contribution < -0.4 is 10.6 Å². The normalized spacial score (nSPS) is 23.2. The highest BCUT2D eigenvalue weighted by Crippen LogP contribution is 2.36. The molecule has 2 aliphatic rings. The van der Waals surface area contributed by atoms with Gasteiger partial charge in [0, 0.05) is 56.3 Å². The molecular formula is C18H31IN6O. The number of halogens is 1. The van der Waals surface area contributed by atoms with Gasteiger partial charge in [-0.2, -0.15) is 5.10 Å². The van der Waals surface area contributed by atoms with Crippen LogP contribution in [0.25, 0.3) is 0 Å². The zero-order valence-electron chi connectivity index (χ0n) is 16.3. The predicted molar refractivity (Wildman–Crippen MR) is 114 cm³/mol. The summed E-state index contributed by atoms with van der Waals surface area (Å²) < 4.78 is 1.92. The number of hydrogen-bond donors (Lipinski definition) is 2. The van der Waals surface area contributed by atoms with Crippen LogP contribution in [0.2, 0.25) is 0 Å². The van der Waals surface area contributed by atoms with Gasteiger partial charge in [-0.25, -0.2) is 4.99 Å².